The Bertz CT molecular complexity index is 1140. The van der Waals surface area contributed by atoms with Gasteiger partial charge in [-0.1, -0.05) is 20.8 Å². The molecule has 0 aliphatic carbocycles. The fourth-order valence-corrected chi connectivity index (χ4v) is 4.72. The number of carbonyl (C=O) groups excluding carboxylic acids is 2. The van der Waals surface area contributed by atoms with Gasteiger partial charge < -0.3 is 24.1 Å². The van der Waals surface area contributed by atoms with Crippen molar-refractivity contribution < 1.29 is 33.6 Å². The molecule has 1 N–H and O–H groups in total. The molecule has 42 heavy (non-hydrogen) atoms. The van der Waals surface area contributed by atoms with E-state index in [1.54, 1.807) is 12.1 Å². The molecule has 0 radical (unpaired) electrons. The van der Waals surface area contributed by atoms with Gasteiger partial charge in [-0.3, -0.25) is 9.59 Å². The first-order chi connectivity index (χ1) is 19.4. The molecule has 0 heterocycles. The molecule has 2 aromatic carbocycles. The number of rotatable bonds is 12. The number of ether oxygens (including phenoxy) is 4. The Morgan fingerprint density at radius 3 is 1.71 bits per heavy atom. The zero-order valence-corrected chi connectivity index (χ0v) is 30.8. The van der Waals surface area contributed by atoms with Gasteiger partial charge in [-0.15, -0.1) is 0 Å². The summed E-state index contributed by atoms with van der Waals surface area (Å²) in [5, 5.41) is 9.46. The summed E-state index contributed by atoms with van der Waals surface area (Å²) in [6.45, 7) is 18.9. The van der Waals surface area contributed by atoms with E-state index in [1.807, 2.05) is 79.7 Å². The molecule has 7 nitrogen and oxygen atoms in total. The van der Waals surface area contributed by atoms with Crippen molar-refractivity contribution in [3.8, 4) is 11.5 Å². The Morgan fingerprint density at radius 1 is 0.762 bits per heavy atom. The Balaban J connectivity index is 0.000000437. The second-order valence-corrected chi connectivity index (χ2v) is 14.6. The van der Waals surface area contributed by atoms with Crippen molar-refractivity contribution in [1.82, 2.24) is 0 Å². The number of hydrogen-bond donors (Lipinski definition) is 1. The average Bonchev–Trinajstić information content (AvgIpc) is 2.86. The molecule has 0 saturated heterocycles. The van der Waals surface area contributed by atoms with Crippen LogP contribution in [0.1, 0.15) is 79.9 Å². The maximum absolute atomic E-state index is 12.2. The normalized spacial score (nSPS) is 12.9. The van der Waals surface area contributed by atoms with Gasteiger partial charge in [-0.2, -0.15) is 0 Å². The van der Waals surface area contributed by atoms with Crippen LogP contribution in [-0.2, 0) is 36.6 Å². The largest absolute Gasteiger partial charge is 0.508 e. The zero-order valence-electron chi connectivity index (χ0n) is 26.5. The van der Waals surface area contributed by atoms with Crippen LogP contribution < -0.4 is 4.74 Å². The zero-order chi connectivity index (χ0) is 32.1. The van der Waals surface area contributed by atoms with Crippen LogP contribution in [0.25, 0.3) is 0 Å². The lowest BCUT2D eigenvalue weighted by Gasteiger charge is -2.22. The van der Waals surface area contributed by atoms with Crippen molar-refractivity contribution in [3.05, 3.63) is 54.7 Å². The first-order valence-electron chi connectivity index (χ1n) is 14.3. The predicted octanol–water partition coefficient (Wildman–Crippen LogP) is 8.13. The number of benzene rings is 2. The third-order valence-corrected chi connectivity index (χ3v) is 7.67. The molecule has 0 bridgehead atoms. The highest BCUT2D eigenvalue weighted by molar-refractivity contribution is 14.1. The van der Waals surface area contributed by atoms with Gasteiger partial charge in [0.25, 0.3) is 0 Å². The average molecular weight is 811 g/mol. The monoisotopic (exact) mass is 810 g/mol. The Labute approximate surface area is 279 Å². The standard InChI is InChI=1S/C19H29IO4.C14H19IO3/c1-6-9-22-10-11-23-16-7-8-17(20)15(13-16)12-14(2)18(21)24-19(3,4)5;1-9(13(17)18-14(2,3)4)7-10-8-11(16)5-6-12(10)15/h7-8,13-14H,6,9-12H2,1-5H3;5-6,8-9,16H,7H2,1-4H3. The van der Waals surface area contributed by atoms with E-state index in [9.17, 15) is 14.7 Å². The summed E-state index contributed by atoms with van der Waals surface area (Å²) in [6.07, 6.45) is 2.22. The number of esters is 2. The summed E-state index contributed by atoms with van der Waals surface area (Å²) in [5.74, 6) is 0.239. The fraction of sp³-hybridized carbons (Fsp3) is 0.576. The van der Waals surface area contributed by atoms with E-state index in [2.05, 4.69) is 52.1 Å². The summed E-state index contributed by atoms with van der Waals surface area (Å²) >= 11 is 4.48. The molecule has 2 aromatic rings. The van der Waals surface area contributed by atoms with Gasteiger partial charge in [0, 0.05) is 13.7 Å². The van der Waals surface area contributed by atoms with Gasteiger partial charge >= 0.3 is 11.9 Å². The quantitative estimate of drug-likeness (QED) is 0.132. The van der Waals surface area contributed by atoms with Crippen LogP contribution >= 0.6 is 45.2 Å². The molecule has 0 aliphatic heterocycles. The summed E-state index contributed by atoms with van der Waals surface area (Å²) < 4.78 is 24.1. The number of aromatic hydroxyl groups is 1. The Morgan fingerprint density at radius 2 is 1.24 bits per heavy atom. The third-order valence-electron chi connectivity index (χ3n) is 5.56. The minimum Gasteiger partial charge on any atom is -0.508 e. The molecule has 0 saturated carbocycles. The second kappa shape index (κ2) is 18.3. The van der Waals surface area contributed by atoms with E-state index in [-0.39, 0.29) is 29.5 Å². The smallest absolute Gasteiger partial charge is 0.309 e. The summed E-state index contributed by atoms with van der Waals surface area (Å²) in [5.41, 5.74) is 1.15. The van der Waals surface area contributed by atoms with Crippen molar-refractivity contribution in [3.63, 3.8) is 0 Å². The number of hydrogen-bond acceptors (Lipinski definition) is 7. The van der Waals surface area contributed by atoms with E-state index >= 15 is 0 Å². The van der Waals surface area contributed by atoms with E-state index in [1.165, 1.54) is 0 Å². The second-order valence-electron chi connectivity index (χ2n) is 12.3. The van der Waals surface area contributed by atoms with E-state index in [4.69, 9.17) is 18.9 Å². The highest BCUT2D eigenvalue weighted by atomic mass is 127. The lowest BCUT2D eigenvalue weighted by molar-refractivity contribution is -0.160. The molecule has 2 atom stereocenters. The first-order valence-corrected chi connectivity index (χ1v) is 16.5. The van der Waals surface area contributed by atoms with E-state index in [0.29, 0.717) is 26.1 Å². The molecule has 0 amide bonds. The first kappa shape index (κ1) is 38.4. The van der Waals surface area contributed by atoms with Crippen LogP contribution in [-0.4, -0.2) is 48.1 Å². The highest BCUT2D eigenvalue weighted by Gasteiger charge is 2.23. The van der Waals surface area contributed by atoms with Gasteiger partial charge in [0.2, 0.25) is 0 Å². The van der Waals surface area contributed by atoms with Crippen LogP contribution in [0, 0.1) is 19.0 Å². The molecule has 0 fully saturated rings. The molecule has 2 rings (SSSR count). The van der Waals surface area contributed by atoms with Crippen molar-refractivity contribution in [2.75, 3.05) is 19.8 Å². The highest BCUT2D eigenvalue weighted by Crippen LogP contribution is 2.24. The van der Waals surface area contributed by atoms with Crippen molar-refractivity contribution in [1.29, 1.82) is 0 Å². The molecule has 236 valence electrons. The summed E-state index contributed by atoms with van der Waals surface area (Å²) in [7, 11) is 0. The van der Waals surface area contributed by atoms with Crippen LogP contribution in [0.15, 0.2) is 36.4 Å². The molecular weight excluding hydrogens is 762 g/mol. The van der Waals surface area contributed by atoms with Gasteiger partial charge in [-0.05, 0) is 154 Å². The van der Waals surface area contributed by atoms with E-state index < -0.39 is 11.2 Å². The lowest BCUT2D eigenvalue weighted by atomic mass is 10.0. The van der Waals surface area contributed by atoms with Crippen LogP contribution in [0.5, 0.6) is 11.5 Å². The van der Waals surface area contributed by atoms with Crippen molar-refractivity contribution >= 4 is 57.1 Å². The van der Waals surface area contributed by atoms with Gasteiger partial charge in [-0.25, -0.2) is 0 Å². The molecule has 2 unspecified atom stereocenters. The SMILES string of the molecule is CC(Cc1cc(O)ccc1I)C(=O)OC(C)(C)C.CCCOCCOc1ccc(I)c(CC(C)C(=O)OC(C)(C)C)c1. The maximum Gasteiger partial charge on any atom is 0.309 e. The molecule has 0 aromatic heterocycles. The third kappa shape index (κ3) is 16.3. The van der Waals surface area contributed by atoms with Gasteiger partial charge in [0.15, 0.2) is 0 Å². The summed E-state index contributed by atoms with van der Waals surface area (Å²) in [4.78, 5) is 24.0. The number of halogens is 2. The predicted molar refractivity (Wildman–Crippen MR) is 184 cm³/mol. The molecule has 0 aliphatic rings. The van der Waals surface area contributed by atoms with Crippen LogP contribution in [0.4, 0.5) is 0 Å². The topological polar surface area (TPSA) is 91.3 Å². The summed E-state index contributed by atoms with van der Waals surface area (Å²) in [6, 6.07) is 11.1. The molecule has 0 spiro atoms. The molecular formula is C33H48I2O7. The van der Waals surface area contributed by atoms with Crippen molar-refractivity contribution in [2.45, 2.75) is 92.8 Å². The lowest BCUT2D eigenvalue weighted by Crippen LogP contribution is -2.28. The Hall–Kier alpha value is -1.60. The van der Waals surface area contributed by atoms with E-state index in [0.717, 1.165) is 37.0 Å². The molecule has 9 heteroatoms. The van der Waals surface area contributed by atoms with Gasteiger partial charge in [0.1, 0.15) is 29.3 Å². The maximum atomic E-state index is 12.2. The van der Waals surface area contributed by atoms with Crippen LogP contribution in [0.2, 0.25) is 0 Å². The number of carbonyl (C=O) groups is 2. The van der Waals surface area contributed by atoms with Gasteiger partial charge in [0.05, 0.1) is 18.4 Å². The minimum atomic E-state index is -0.461. The number of phenols is 1. The minimum absolute atomic E-state index is 0.169. The fourth-order valence-electron chi connectivity index (χ4n) is 3.61. The van der Waals surface area contributed by atoms with Crippen LogP contribution in [0.3, 0.4) is 0 Å². The Kier molecular flexibility index (Phi) is 16.7. The number of phenolic OH excluding ortho intramolecular Hbond substituents is 1. The van der Waals surface area contributed by atoms with Crippen molar-refractivity contribution in [2.24, 2.45) is 11.8 Å².